The molecule has 0 aliphatic rings. The van der Waals surface area contributed by atoms with Gasteiger partial charge in [-0.3, -0.25) is 9.25 Å². The number of nitrogens with zero attached hydrogens (tertiary/aromatic N) is 5. The molecule has 3 aromatic heterocycles. The van der Waals surface area contributed by atoms with Gasteiger partial charge in [-0.05, 0) is 24.5 Å². The number of pyridine rings is 1. The molecule has 0 saturated heterocycles. The van der Waals surface area contributed by atoms with Gasteiger partial charge >= 0.3 is 0 Å². The average Bonchev–Trinajstić information content (AvgIpc) is 3.17. The molecule has 0 amide bonds. The molecule has 0 bridgehead atoms. The van der Waals surface area contributed by atoms with Crippen molar-refractivity contribution in [3.8, 4) is 17.1 Å². The highest BCUT2D eigenvalue weighted by Gasteiger charge is 2.22. The van der Waals surface area contributed by atoms with E-state index in [0.717, 1.165) is 40.4 Å². The van der Waals surface area contributed by atoms with Gasteiger partial charge in [-0.1, -0.05) is 37.6 Å². The number of fused-ring (bicyclic) bond motifs is 2. The predicted molar refractivity (Wildman–Crippen MR) is 104 cm³/mol. The molecule has 1 N–H and O–H groups in total. The summed E-state index contributed by atoms with van der Waals surface area (Å²) >= 11 is 6.57. The summed E-state index contributed by atoms with van der Waals surface area (Å²) < 4.78 is 3.69. The van der Waals surface area contributed by atoms with Crippen LogP contribution in [0.3, 0.4) is 0 Å². The van der Waals surface area contributed by atoms with Crippen molar-refractivity contribution in [3.63, 3.8) is 0 Å². The number of hydrogen-bond donors (Lipinski definition) is 1. The first-order chi connectivity index (χ1) is 12.5. The predicted octanol–water partition coefficient (Wildman–Crippen LogP) is 4.71. The minimum absolute atomic E-state index is 0.0219. The largest absolute Gasteiger partial charge is 0.480 e. The van der Waals surface area contributed by atoms with E-state index in [1.807, 2.05) is 34.6 Å². The Hall–Kier alpha value is -2.60. The molecule has 3 heterocycles. The molecule has 4 rings (SSSR count). The number of rotatable bonds is 4. The van der Waals surface area contributed by atoms with Gasteiger partial charge in [0.25, 0.3) is 6.01 Å². The fourth-order valence-electron chi connectivity index (χ4n) is 3.60. The molecule has 134 valence electrons. The second-order valence-electron chi connectivity index (χ2n) is 6.45. The van der Waals surface area contributed by atoms with Crippen LogP contribution < -0.4 is 0 Å². The van der Waals surface area contributed by atoms with E-state index in [1.165, 1.54) is 0 Å². The maximum Gasteiger partial charge on any atom is 0.296 e. The Morgan fingerprint density at radius 1 is 1.19 bits per heavy atom. The Balaban J connectivity index is 2.07. The van der Waals surface area contributed by atoms with Crippen LogP contribution in [0.5, 0.6) is 6.01 Å². The lowest BCUT2D eigenvalue weighted by Crippen LogP contribution is -2.07. The minimum Gasteiger partial charge on any atom is -0.480 e. The van der Waals surface area contributed by atoms with Gasteiger partial charge in [0.2, 0.25) is 0 Å². The van der Waals surface area contributed by atoms with Crippen molar-refractivity contribution in [2.45, 2.75) is 32.7 Å². The lowest BCUT2D eigenvalue weighted by atomic mass is 10.0. The Labute approximate surface area is 156 Å². The topological polar surface area (TPSA) is 68.8 Å². The van der Waals surface area contributed by atoms with Crippen LogP contribution in [0, 0.1) is 0 Å². The molecule has 0 atom stereocenters. The van der Waals surface area contributed by atoms with Crippen molar-refractivity contribution < 1.29 is 5.11 Å². The number of benzene rings is 1. The van der Waals surface area contributed by atoms with Crippen LogP contribution in [0.25, 0.3) is 33.2 Å². The Morgan fingerprint density at radius 2 is 1.96 bits per heavy atom. The lowest BCUT2D eigenvalue weighted by molar-refractivity contribution is 0.362. The van der Waals surface area contributed by atoms with Crippen LogP contribution in [-0.4, -0.2) is 29.4 Å². The average molecular weight is 370 g/mol. The minimum atomic E-state index is -0.0219. The van der Waals surface area contributed by atoms with Crippen molar-refractivity contribution in [2.75, 3.05) is 0 Å². The molecular weight excluding hydrogens is 350 g/mol. The SMILES string of the molecule is CCC(CC)n1c(O)nc2ncc(Cl)c(-c3ccc4cnn(C)c4c3)c21. The molecule has 4 aromatic rings. The monoisotopic (exact) mass is 369 g/mol. The summed E-state index contributed by atoms with van der Waals surface area (Å²) in [7, 11) is 1.91. The van der Waals surface area contributed by atoms with Crippen LogP contribution in [-0.2, 0) is 7.05 Å². The second kappa shape index (κ2) is 6.29. The number of aromatic nitrogens is 5. The summed E-state index contributed by atoms with van der Waals surface area (Å²) in [5.74, 6) is 0. The van der Waals surface area contributed by atoms with E-state index in [1.54, 1.807) is 6.20 Å². The first-order valence-electron chi connectivity index (χ1n) is 8.72. The fraction of sp³-hybridized carbons (Fsp3) is 0.316. The molecule has 0 aliphatic carbocycles. The van der Waals surface area contributed by atoms with Crippen LogP contribution >= 0.6 is 11.6 Å². The van der Waals surface area contributed by atoms with Crippen molar-refractivity contribution in [3.05, 3.63) is 35.6 Å². The van der Waals surface area contributed by atoms with E-state index in [0.29, 0.717) is 10.7 Å². The van der Waals surface area contributed by atoms with Crippen molar-refractivity contribution in [1.82, 2.24) is 24.3 Å². The first-order valence-corrected chi connectivity index (χ1v) is 9.10. The maximum atomic E-state index is 10.5. The zero-order valence-corrected chi connectivity index (χ0v) is 15.7. The van der Waals surface area contributed by atoms with E-state index in [2.05, 4.69) is 35.0 Å². The summed E-state index contributed by atoms with van der Waals surface area (Å²) in [6.07, 6.45) is 5.18. The van der Waals surface area contributed by atoms with Crippen molar-refractivity contribution in [2.24, 2.45) is 7.05 Å². The van der Waals surface area contributed by atoms with E-state index in [-0.39, 0.29) is 12.1 Å². The van der Waals surface area contributed by atoms with E-state index >= 15 is 0 Å². The van der Waals surface area contributed by atoms with Crippen molar-refractivity contribution >= 4 is 33.7 Å². The summed E-state index contributed by atoms with van der Waals surface area (Å²) in [6.45, 7) is 4.19. The third-order valence-electron chi connectivity index (χ3n) is 5.00. The molecule has 0 aliphatic heterocycles. The normalized spacial score (nSPS) is 11.9. The third-order valence-corrected chi connectivity index (χ3v) is 5.28. The fourth-order valence-corrected chi connectivity index (χ4v) is 3.85. The number of hydrogen-bond acceptors (Lipinski definition) is 4. The Morgan fingerprint density at radius 3 is 2.69 bits per heavy atom. The molecule has 7 heteroatoms. The van der Waals surface area contributed by atoms with Gasteiger partial charge < -0.3 is 5.11 Å². The second-order valence-corrected chi connectivity index (χ2v) is 6.85. The van der Waals surface area contributed by atoms with Gasteiger partial charge in [0.05, 0.1) is 16.7 Å². The summed E-state index contributed by atoms with van der Waals surface area (Å²) in [6, 6.07) is 6.21. The van der Waals surface area contributed by atoms with Gasteiger partial charge in [-0.2, -0.15) is 10.1 Å². The molecule has 6 nitrogen and oxygen atoms in total. The van der Waals surface area contributed by atoms with Crippen LogP contribution in [0.15, 0.2) is 30.6 Å². The van der Waals surface area contributed by atoms with Crippen LogP contribution in [0.2, 0.25) is 5.02 Å². The maximum absolute atomic E-state index is 10.5. The highest BCUT2D eigenvalue weighted by molar-refractivity contribution is 6.34. The van der Waals surface area contributed by atoms with Gasteiger partial charge in [-0.15, -0.1) is 0 Å². The van der Waals surface area contributed by atoms with Gasteiger partial charge in [0.1, 0.15) is 5.52 Å². The smallest absolute Gasteiger partial charge is 0.296 e. The third kappa shape index (κ3) is 2.44. The Bertz CT molecular complexity index is 1110. The first kappa shape index (κ1) is 16.8. The molecule has 0 unspecified atom stereocenters. The number of imidazole rings is 1. The quantitative estimate of drug-likeness (QED) is 0.565. The number of aromatic hydroxyl groups is 1. The molecule has 0 saturated carbocycles. The van der Waals surface area contributed by atoms with E-state index in [4.69, 9.17) is 11.6 Å². The molecule has 1 aromatic carbocycles. The highest BCUT2D eigenvalue weighted by Crippen LogP contribution is 2.39. The van der Waals surface area contributed by atoms with Gasteiger partial charge in [0.15, 0.2) is 5.65 Å². The summed E-state index contributed by atoms with van der Waals surface area (Å²) in [5, 5.41) is 16.4. The summed E-state index contributed by atoms with van der Waals surface area (Å²) in [4.78, 5) is 8.59. The molecule has 0 radical (unpaired) electrons. The van der Waals surface area contributed by atoms with E-state index in [9.17, 15) is 5.11 Å². The van der Waals surface area contributed by atoms with Gasteiger partial charge in [-0.25, -0.2) is 4.98 Å². The lowest BCUT2D eigenvalue weighted by Gasteiger charge is -2.18. The zero-order chi connectivity index (χ0) is 18.4. The van der Waals surface area contributed by atoms with E-state index < -0.39 is 0 Å². The van der Waals surface area contributed by atoms with Crippen LogP contribution in [0.1, 0.15) is 32.7 Å². The number of halogens is 1. The zero-order valence-electron chi connectivity index (χ0n) is 14.9. The van der Waals surface area contributed by atoms with Crippen LogP contribution in [0.4, 0.5) is 0 Å². The van der Waals surface area contributed by atoms with Gasteiger partial charge in [0, 0.05) is 30.2 Å². The standard InChI is InChI=1S/C19H20ClN5O/c1-4-13(5-2)25-17-16(14(20)10-21-18(17)23-19(25)26)11-6-7-12-9-22-24(3)15(12)8-11/h6-10,13H,4-5H2,1-3H3,(H,21,23,26). The highest BCUT2D eigenvalue weighted by atomic mass is 35.5. The van der Waals surface area contributed by atoms with Crippen molar-refractivity contribution in [1.29, 1.82) is 0 Å². The molecule has 0 fully saturated rings. The molecule has 26 heavy (non-hydrogen) atoms. The molecule has 0 spiro atoms. The summed E-state index contributed by atoms with van der Waals surface area (Å²) in [5.41, 5.74) is 4.07. The Kier molecular flexibility index (Phi) is 4.07. The number of aryl methyl sites for hydroxylation is 1. The molecular formula is C19H20ClN5O.